The highest BCUT2D eigenvalue weighted by Crippen LogP contribution is 2.36. The zero-order valence-corrected chi connectivity index (χ0v) is 22.4. The van der Waals surface area contributed by atoms with Crippen molar-refractivity contribution >= 4 is 46.0 Å². The van der Waals surface area contributed by atoms with Gasteiger partial charge >= 0.3 is 0 Å². The van der Waals surface area contributed by atoms with Crippen molar-refractivity contribution < 1.29 is 14.3 Å². The van der Waals surface area contributed by atoms with Crippen LogP contribution in [0.15, 0.2) is 63.5 Å². The van der Waals surface area contributed by atoms with Crippen molar-refractivity contribution in [3.05, 3.63) is 89.6 Å². The van der Waals surface area contributed by atoms with E-state index in [1.165, 1.54) is 4.57 Å². The minimum Gasteiger partial charge on any atom is -0.496 e. The van der Waals surface area contributed by atoms with Crippen molar-refractivity contribution in [2.45, 2.75) is 26.8 Å². The lowest BCUT2D eigenvalue weighted by atomic mass is 9.94. The molecule has 2 aliphatic rings. The molecule has 2 aromatic carbocycles. The fourth-order valence-electron chi connectivity index (χ4n) is 4.88. The minimum atomic E-state index is -0.779. The normalized spacial score (nSPS) is 17.6. The number of likely N-dealkylation sites (N-methyl/N-ethyl adjacent to an activating group) is 1. The first-order valence-corrected chi connectivity index (χ1v) is 13.1. The molecular weight excluding hydrogens is 512 g/mol. The molecule has 0 fully saturated rings. The molecule has 0 radical (unpaired) electrons. The van der Waals surface area contributed by atoms with Crippen LogP contribution in [0.5, 0.6) is 5.75 Å². The van der Waals surface area contributed by atoms with Crippen LogP contribution in [0.2, 0.25) is 5.02 Å². The molecule has 0 saturated carbocycles. The van der Waals surface area contributed by atoms with E-state index < -0.39 is 11.6 Å². The van der Waals surface area contributed by atoms with Gasteiger partial charge in [-0.05, 0) is 45.0 Å². The highest BCUT2D eigenvalue weighted by Gasteiger charge is 2.37. The van der Waals surface area contributed by atoms with E-state index in [4.69, 9.17) is 16.3 Å². The molecule has 1 N–H and O–H groups in total. The molecule has 3 aromatic rings. The molecule has 190 valence electrons. The second-order valence-electron chi connectivity index (χ2n) is 8.64. The lowest BCUT2D eigenvalue weighted by Crippen LogP contribution is -2.43. The number of fused-ring (bicyclic) bond motifs is 2. The first-order valence-electron chi connectivity index (χ1n) is 11.9. The third-order valence-electron chi connectivity index (χ3n) is 6.67. The van der Waals surface area contributed by atoms with E-state index in [9.17, 15) is 14.4 Å². The molecule has 8 nitrogen and oxygen atoms in total. The summed E-state index contributed by atoms with van der Waals surface area (Å²) in [6.07, 6.45) is 0. The van der Waals surface area contributed by atoms with Gasteiger partial charge in [0, 0.05) is 34.9 Å². The number of ether oxygens (including phenoxy) is 1. The second-order valence-corrected chi connectivity index (χ2v) is 10.1. The van der Waals surface area contributed by atoms with E-state index in [1.807, 2.05) is 32.0 Å². The fourth-order valence-corrected chi connectivity index (χ4v) is 6.19. The zero-order chi connectivity index (χ0) is 26.4. The Morgan fingerprint density at radius 3 is 2.62 bits per heavy atom. The van der Waals surface area contributed by atoms with Gasteiger partial charge in [0.05, 0.1) is 24.0 Å². The van der Waals surface area contributed by atoms with Crippen LogP contribution in [0.25, 0.3) is 5.57 Å². The van der Waals surface area contributed by atoms with Crippen LogP contribution in [0, 0.1) is 0 Å². The average Bonchev–Trinajstić information content (AvgIpc) is 3.38. The molecule has 37 heavy (non-hydrogen) atoms. The lowest BCUT2D eigenvalue weighted by Gasteiger charge is -2.29. The van der Waals surface area contributed by atoms with Gasteiger partial charge in [0.2, 0.25) is 0 Å². The van der Waals surface area contributed by atoms with Crippen LogP contribution in [0.1, 0.15) is 37.9 Å². The average molecular weight is 537 g/mol. The van der Waals surface area contributed by atoms with Gasteiger partial charge in [-0.15, -0.1) is 0 Å². The zero-order valence-electron chi connectivity index (χ0n) is 20.8. The van der Waals surface area contributed by atoms with Crippen LogP contribution in [-0.4, -0.2) is 41.5 Å². The van der Waals surface area contributed by atoms with Gasteiger partial charge < -0.3 is 15.0 Å². The number of thiazole rings is 1. The van der Waals surface area contributed by atoms with E-state index in [2.05, 4.69) is 10.3 Å². The molecule has 2 aliphatic heterocycles. The summed E-state index contributed by atoms with van der Waals surface area (Å²) in [5, 5.41) is 3.26. The van der Waals surface area contributed by atoms with Crippen LogP contribution in [0.3, 0.4) is 0 Å². The molecule has 2 amide bonds. The third kappa shape index (κ3) is 3.98. The highest BCUT2D eigenvalue weighted by molar-refractivity contribution is 7.07. The maximum atomic E-state index is 14.1. The molecule has 1 aromatic heterocycles. The Bertz CT molecular complexity index is 1670. The number of aromatic nitrogens is 1. The molecule has 0 unspecified atom stereocenters. The number of nitrogens with zero attached hydrogens (tertiary/aromatic N) is 3. The third-order valence-corrected chi connectivity index (χ3v) is 7.95. The Balaban J connectivity index is 1.85. The van der Waals surface area contributed by atoms with Gasteiger partial charge in [0.25, 0.3) is 17.4 Å². The predicted molar refractivity (Wildman–Crippen MR) is 144 cm³/mol. The summed E-state index contributed by atoms with van der Waals surface area (Å²) < 4.78 is 7.38. The Morgan fingerprint density at radius 2 is 1.92 bits per heavy atom. The number of para-hydroxylation sites is 1. The number of carbonyl (C=O) groups is 2. The molecule has 10 heteroatoms. The van der Waals surface area contributed by atoms with Crippen molar-refractivity contribution in [2.24, 2.45) is 4.99 Å². The molecule has 3 heterocycles. The number of nitrogens with one attached hydrogen (secondary N) is 1. The van der Waals surface area contributed by atoms with Gasteiger partial charge in [-0.25, -0.2) is 4.99 Å². The summed E-state index contributed by atoms with van der Waals surface area (Å²) in [6.45, 7) is 6.62. The number of hydrogen-bond donors (Lipinski definition) is 1. The second kappa shape index (κ2) is 9.64. The monoisotopic (exact) mass is 536 g/mol. The quantitative estimate of drug-likeness (QED) is 0.542. The molecular formula is C27H25ClN4O4S. The van der Waals surface area contributed by atoms with Gasteiger partial charge in [-0.1, -0.05) is 41.1 Å². The number of rotatable bonds is 5. The van der Waals surface area contributed by atoms with Gasteiger partial charge in [-0.2, -0.15) is 0 Å². The van der Waals surface area contributed by atoms with E-state index in [-0.39, 0.29) is 21.9 Å². The fraction of sp³-hybridized carbons (Fsp3) is 0.259. The molecule has 5 rings (SSSR count). The van der Waals surface area contributed by atoms with Crippen molar-refractivity contribution in [3.8, 4) is 5.75 Å². The number of amides is 2. The van der Waals surface area contributed by atoms with Crippen LogP contribution in [-0.2, 0) is 9.59 Å². The molecule has 1 atom stereocenters. The summed E-state index contributed by atoms with van der Waals surface area (Å²) in [6, 6.07) is 11.6. The highest BCUT2D eigenvalue weighted by atomic mass is 35.5. The SMILES string of the molecule is CCN(CC)C(=O)C1=C(C)N=c2s/c(=C3/C(=O)Nc4ccc(Cl)cc43)c(=O)n2[C@@H]1c1ccccc1OC. The number of allylic oxidation sites excluding steroid dienone is 1. The summed E-state index contributed by atoms with van der Waals surface area (Å²) in [4.78, 5) is 47.7. The molecule has 0 saturated heterocycles. The summed E-state index contributed by atoms with van der Waals surface area (Å²) in [7, 11) is 1.55. The Hall–Kier alpha value is -3.69. The van der Waals surface area contributed by atoms with Crippen molar-refractivity contribution in [1.29, 1.82) is 0 Å². The van der Waals surface area contributed by atoms with Crippen molar-refractivity contribution in [2.75, 3.05) is 25.5 Å². The van der Waals surface area contributed by atoms with Crippen LogP contribution >= 0.6 is 22.9 Å². The summed E-state index contributed by atoms with van der Waals surface area (Å²) >= 11 is 7.34. The standard InChI is InChI=1S/C27H25ClN4O4S/c1-5-31(6-2)25(34)20-14(3)29-27-32(22(20)16-9-7-8-10-19(16)36-4)26(35)23(37-27)21-17-13-15(28)11-12-18(17)30-24(21)33/h7-13,22H,5-6H2,1-4H3,(H,30,33)/b23-21+/t22-/m1/s1. The largest absolute Gasteiger partial charge is 0.496 e. The van der Waals surface area contributed by atoms with E-state index in [0.29, 0.717) is 56.7 Å². The van der Waals surface area contributed by atoms with Crippen LogP contribution in [0.4, 0.5) is 5.69 Å². The number of carbonyl (C=O) groups excluding carboxylic acids is 2. The predicted octanol–water partition coefficient (Wildman–Crippen LogP) is 3.09. The number of methoxy groups -OCH3 is 1. The maximum Gasteiger partial charge on any atom is 0.271 e. The smallest absolute Gasteiger partial charge is 0.271 e. The Labute approximate surface area is 222 Å². The first-order chi connectivity index (χ1) is 17.8. The number of anilines is 1. The summed E-state index contributed by atoms with van der Waals surface area (Å²) in [5.74, 6) is -0.0385. The lowest BCUT2D eigenvalue weighted by molar-refractivity contribution is -0.127. The number of benzene rings is 2. The topological polar surface area (TPSA) is 93.0 Å². The summed E-state index contributed by atoms with van der Waals surface area (Å²) in [5.41, 5.74) is 2.57. The number of hydrogen-bond acceptors (Lipinski definition) is 6. The molecule has 0 bridgehead atoms. The van der Waals surface area contributed by atoms with Crippen molar-refractivity contribution in [1.82, 2.24) is 9.47 Å². The van der Waals surface area contributed by atoms with Crippen LogP contribution < -0.4 is 24.9 Å². The number of halogens is 1. The maximum absolute atomic E-state index is 14.1. The molecule has 0 aliphatic carbocycles. The first kappa shape index (κ1) is 25.0. The van der Waals surface area contributed by atoms with Gasteiger partial charge in [-0.3, -0.25) is 19.0 Å². The molecule has 0 spiro atoms. The van der Waals surface area contributed by atoms with E-state index in [0.717, 1.165) is 11.3 Å². The van der Waals surface area contributed by atoms with Crippen molar-refractivity contribution in [3.63, 3.8) is 0 Å². The van der Waals surface area contributed by atoms with E-state index in [1.54, 1.807) is 43.2 Å². The van der Waals surface area contributed by atoms with Gasteiger partial charge in [0.1, 0.15) is 16.3 Å². The minimum absolute atomic E-state index is 0.198. The Kier molecular flexibility index (Phi) is 6.51. The Morgan fingerprint density at radius 1 is 1.19 bits per heavy atom. The van der Waals surface area contributed by atoms with Gasteiger partial charge in [0.15, 0.2) is 4.80 Å². The van der Waals surface area contributed by atoms with E-state index >= 15 is 0 Å².